The van der Waals surface area contributed by atoms with E-state index in [0.717, 1.165) is 17.9 Å². The van der Waals surface area contributed by atoms with Crippen LogP contribution >= 0.6 is 0 Å². The Kier molecular flexibility index (Phi) is 3.10. The fourth-order valence-electron chi connectivity index (χ4n) is 1.36. The molecule has 4 nitrogen and oxygen atoms in total. The van der Waals surface area contributed by atoms with Gasteiger partial charge in [0, 0.05) is 18.3 Å². The van der Waals surface area contributed by atoms with Crippen molar-refractivity contribution in [2.75, 3.05) is 0 Å². The number of ether oxygens (including phenoxy) is 1. The molecular formula is C12H14N2O2. The predicted octanol–water partition coefficient (Wildman–Crippen LogP) is 2.19. The molecule has 0 fully saturated rings. The van der Waals surface area contributed by atoms with Crippen LogP contribution in [0.4, 0.5) is 0 Å². The molecule has 0 aliphatic carbocycles. The van der Waals surface area contributed by atoms with Gasteiger partial charge >= 0.3 is 0 Å². The standard InChI is InChI=1S/C12H14N2O2/c1-2-14-8-10(7-13-14)9-16-12-5-3-11(15)4-6-12/h3-8,15H,2,9H2,1H3. The third-order valence-electron chi connectivity index (χ3n) is 2.25. The summed E-state index contributed by atoms with van der Waals surface area (Å²) in [5.74, 6) is 0.980. The van der Waals surface area contributed by atoms with Crippen molar-refractivity contribution in [3.63, 3.8) is 0 Å². The van der Waals surface area contributed by atoms with Gasteiger partial charge in [0.2, 0.25) is 0 Å². The molecular weight excluding hydrogens is 204 g/mol. The Bertz CT molecular complexity index is 448. The molecule has 2 rings (SSSR count). The molecule has 2 aromatic rings. The number of nitrogens with zero attached hydrogens (tertiary/aromatic N) is 2. The minimum atomic E-state index is 0.242. The summed E-state index contributed by atoms with van der Waals surface area (Å²) in [5, 5.41) is 13.3. The first-order chi connectivity index (χ1) is 7.78. The van der Waals surface area contributed by atoms with E-state index in [2.05, 4.69) is 5.10 Å². The summed E-state index contributed by atoms with van der Waals surface area (Å²) in [6, 6.07) is 6.68. The van der Waals surface area contributed by atoms with E-state index in [0.29, 0.717) is 6.61 Å². The molecule has 4 heteroatoms. The van der Waals surface area contributed by atoms with Crippen LogP contribution in [0.1, 0.15) is 12.5 Å². The molecule has 1 N–H and O–H groups in total. The van der Waals surface area contributed by atoms with Crippen LogP contribution in [0.15, 0.2) is 36.7 Å². The molecule has 0 aliphatic rings. The molecule has 1 aromatic heterocycles. The summed E-state index contributed by atoms with van der Waals surface area (Å²) < 4.78 is 7.40. The summed E-state index contributed by atoms with van der Waals surface area (Å²) in [4.78, 5) is 0. The lowest BCUT2D eigenvalue weighted by molar-refractivity contribution is 0.305. The van der Waals surface area contributed by atoms with Gasteiger partial charge in [0.05, 0.1) is 6.20 Å². The Balaban J connectivity index is 1.94. The molecule has 0 radical (unpaired) electrons. The zero-order chi connectivity index (χ0) is 11.4. The van der Waals surface area contributed by atoms with E-state index >= 15 is 0 Å². The third-order valence-corrected chi connectivity index (χ3v) is 2.25. The van der Waals surface area contributed by atoms with Gasteiger partial charge < -0.3 is 9.84 Å². The zero-order valence-corrected chi connectivity index (χ0v) is 9.13. The number of phenols is 1. The van der Waals surface area contributed by atoms with Crippen LogP contribution < -0.4 is 4.74 Å². The molecule has 0 unspecified atom stereocenters. The number of hydrogen-bond donors (Lipinski definition) is 1. The lowest BCUT2D eigenvalue weighted by Gasteiger charge is -2.03. The first-order valence-corrected chi connectivity index (χ1v) is 5.21. The van der Waals surface area contributed by atoms with Crippen molar-refractivity contribution in [2.24, 2.45) is 0 Å². The maximum atomic E-state index is 9.11. The topological polar surface area (TPSA) is 47.3 Å². The molecule has 16 heavy (non-hydrogen) atoms. The Morgan fingerprint density at radius 3 is 2.69 bits per heavy atom. The molecule has 0 amide bonds. The fourth-order valence-corrected chi connectivity index (χ4v) is 1.36. The number of aromatic nitrogens is 2. The molecule has 1 aromatic carbocycles. The Hall–Kier alpha value is -1.97. The van der Waals surface area contributed by atoms with Crippen LogP contribution in [-0.4, -0.2) is 14.9 Å². The number of rotatable bonds is 4. The van der Waals surface area contributed by atoms with E-state index in [4.69, 9.17) is 9.84 Å². The quantitative estimate of drug-likeness (QED) is 0.855. The van der Waals surface area contributed by atoms with Gasteiger partial charge in [-0.25, -0.2) is 0 Å². The summed E-state index contributed by atoms with van der Waals surface area (Å²) in [7, 11) is 0. The Morgan fingerprint density at radius 2 is 2.06 bits per heavy atom. The van der Waals surface area contributed by atoms with E-state index in [1.807, 2.05) is 17.8 Å². The maximum Gasteiger partial charge on any atom is 0.120 e. The summed E-state index contributed by atoms with van der Waals surface area (Å²) in [6.07, 6.45) is 3.75. The first kappa shape index (κ1) is 10.5. The first-order valence-electron chi connectivity index (χ1n) is 5.21. The largest absolute Gasteiger partial charge is 0.508 e. The van der Waals surface area contributed by atoms with Crippen molar-refractivity contribution in [3.8, 4) is 11.5 Å². The van der Waals surface area contributed by atoms with Crippen molar-refractivity contribution in [3.05, 3.63) is 42.2 Å². The second-order valence-electron chi connectivity index (χ2n) is 3.49. The highest BCUT2D eigenvalue weighted by molar-refractivity contribution is 5.30. The number of benzene rings is 1. The Morgan fingerprint density at radius 1 is 1.31 bits per heavy atom. The van der Waals surface area contributed by atoms with Crippen LogP contribution in [0.25, 0.3) is 0 Å². The number of aromatic hydroxyl groups is 1. The van der Waals surface area contributed by atoms with E-state index in [-0.39, 0.29) is 5.75 Å². The molecule has 0 bridgehead atoms. The number of hydrogen-bond acceptors (Lipinski definition) is 3. The summed E-state index contributed by atoms with van der Waals surface area (Å²) in [5.41, 5.74) is 1.04. The molecule has 0 saturated carbocycles. The second kappa shape index (κ2) is 4.70. The predicted molar refractivity (Wildman–Crippen MR) is 60.3 cm³/mol. The third kappa shape index (κ3) is 2.53. The van der Waals surface area contributed by atoms with Crippen LogP contribution in [-0.2, 0) is 13.2 Å². The van der Waals surface area contributed by atoms with Gasteiger partial charge in [0.15, 0.2) is 0 Å². The normalized spacial score (nSPS) is 10.3. The van der Waals surface area contributed by atoms with Crippen LogP contribution in [0.2, 0.25) is 0 Å². The zero-order valence-electron chi connectivity index (χ0n) is 9.13. The molecule has 0 saturated heterocycles. The summed E-state index contributed by atoms with van der Waals surface area (Å²) >= 11 is 0. The minimum Gasteiger partial charge on any atom is -0.508 e. The second-order valence-corrected chi connectivity index (χ2v) is 3.49. The minimum absolute atomic E-state index is 0.242. The maximum absolute atomic E-state index is 9.11. The van der Waals surface area contributed by atoms with E-state index in [1.54, 1.807) is 30.5 Å². The van der Waals surface area contributed by atoms with Gasteiger partial charge in [-0.15, -0.1) is 0 Å². The van der Waals surface area contributed by atoms with Crippen LogP contribution in [0, 0.1) is 0 Å². The van der Waals surface area contributed by atoms with Gasteiger partial charge in [0.1, 0.15) is 18.1 Å². The SMILES string of the molecule is CCn1cc(COc2ccc(O)cc2)cn1. The average molecular weight is 218 g/mol. The molecule has 1 heterocycles. The fraction of sp³-hybridized carbons (Fsp3) is 0.250. The van der Waals surface area contributed by atoms with Gasteiger partial charge in [-0.1, -0.05) is 0 Å². The Labute approximate surface area is 94.1 Å². The van der Waals surface area contributed by atoms with E-state index in [9.17, 15) is 0 Å². The van der Waals surface area contributed by atoms with Crippen molar-refractivity contribution in [1.29, 1.82) is 0 Å². The highest BCUT2D eigenvalue weighted by atomic mass is 16.5. The smallest absolute Gasteiger partial charge is 0.120 e. The lowest BCUT2D eigenvalue weighted by Crippen LogP contribution is -1.95. The van der Waals surface area contributed by atoms with Crippen molar-refractivity contribution in [1.82, 2.24) is 9.78 Å². The van der Waals surface area contributed by atoms with E-state index in [1.165, 1.54) is 0 Å². The number of phenolic OH excluding ortho intramolecular Hbond substituents is 1. The lowest BCUT2D eigenvalue weighted by atomic mass is 10.3. The molecule has 0 atom stereocenters. The summed E-state index contributed by atoms with van der Waals surface area (Å²) in [6.45, 7) is 3.39. The van der Waals surface area contributed by atoms with Crippen molar-refractivity contribution < 1.29 is 9.84 Å². The van der Waals surface area contributed by atoms with Crippen LogP contribution in [0.5, 0.6) is 11.5 Å². The number of aryl methyl sites for hydroxylation is 1. The van der Waals surface area contributed by atoms with Gasteiger partial charge in [-0.3, -0.25) is 4.68 Å². The monoisotopic (exact) mass is 218 g/mol. The van der Waals surface area contributed by atoms with E-state index < -0.39 is 0 Å². The molecule has 0 aliphatic heterocycles. The van der Waals surface area contributed by atoms with Crippen molar-refractivity contribution >= 4 is 0 Å². The van der Waals surface area contributed by atoms with Crippen LogP contribution in [0.3, 0.4) is 0 Å². The molecule has 0 spiro atoms. The average Bonchev–Trinajstić information content (AvgIpc) is 2.76. The molecule has 84 valence electrons. The van der Waals surface area contributed by atoms with Crippen molar-refractivity contribution in [2.45, 2.75) is 20.1 Å². The van der Waals surface area contributed by atoms with Gasteiger partial charge in [-0.2, -0.15) is 5.10 Å². The highest BCUT2D eigenvalue weighted by Crippen LogP contribution is 2.17. The van der Waals surface area contributed by atoms with Gasteiger partial charge in [-0.05, 0) is 31.2 Å². The van der Waals surface area contributed by atoms with Gasteiger partial charge in [0.25, 0.3) is 0 Å². The highest BCUT2D eigenvalue weighted by Gasteiger charge is 1.99.